The van der Waals surface area contributed by atoms with Crippen LogP contribution in [0, 0.1) is 0 Å². The minimum atomic E-state index is -0.778. The number of para-hydroxylation sites is 1. The number of carbonyl (C=O) groups is 2. The van der Waals surface area contributed by atoms with Gasteiger partial charge in [0.05, 0.1) is 19.7 Å². The zero-order valence-corrected chi connectivity index (χ0v) is 18.6. The van der Waals surface area contributed by atoms with Crippen molar-refractivity contribution in [3.05, 3.63) is 82.5 Å². The lowest BCUT2D eigenvalue weighted by Gasteiger charge is -2.26. The Morgan fingerprint density at radius 2 is 2.21 bits per heavy atom. The van der Waals surface area contributed by atoms with E-state index < -0.39 is 23.5 Å². The normalized spacial score (nSPS) is 16.2. The summed E-state index contributed by atoms with van der Waals surface area (Å²) in [5, 5.41) is 15.6. The lowest BCUT2D eigenvalue weighted by Crippen LogP contribution is -2.37. The highest BCUT2D eigenvalue weighted by Crippen LogP contribution is 2.41. The second-order valence-electron chi connectivity index (χ2n) is 7.68. The molecule has 0 radical (unpaired) electrons. The number of furan rings is 1. The number of aromatic amines is 1. The number of ether oxygens (including phenoxy) is 1. The van der Waals surface area contributed by atoms with Crippen LogP contribution in [0.3, 0.4) is 0 Å². The third kappa shape index (κ3) is 3.70. The first-order valence-electron chi connectivity index (χ1n) is 10.5. The number of carbonyl (C=O) groups excluding carboxylic acids is 2. The fourth-order valence-electron chi connectivity index (χ4n) is 4.17. The van der Waals surface area contributed by atoms with Crippen LogP contribution >= 0.6 is 11.3 Å². The number of aromatic nitrogens is 2. The Bertz CT molecular complexity index is 1340. The van der Waals surface area contributed by atoms with E-state index in [0.717, 1.165) is 4.88 Å². The molecular weight excluding hydrogens is 442 g/mol. The fourth-order valence-corrected chi connectivity index (χ4v) is 5.01. The van der Waals surface area contributed by atoms with E-state index in [1.807, 2.05) is 40.8 Å². The maximum atomic E-state index is 13.5. The number of ketones is 1. The molecule has 1 aliphatic heterocycles. The molecule has 4 heterocycles. The third-order valence-electron chi connectivity index (χ3n) is 5.71. The number of H-pyrrole nitrogens is 1. The van der Waals surface area contributed by atoms with E-state index in [1.165, 1.54) is 23.3 Å². The summed E-state index contributed by atoms with van der Waals surface area (Å²) in [6.07, 6.45) is 6.16. The molecule has 1 aliphatic rings. The Morgan fingerprint density at radius 1 is 1.33 bits per heavy atom. The molecule has 1 N–H and O–H groups in total. The van der Waals surface area contributed by atoms with E-state index in [9.17, 15) is 14.7 Å². The molecule has 8 nitrogen and oxygen atoms in total. The van der Waals surface area contributed by atoms with Crippen molar-refractivity contribution < 1.29 is 28.4 Å². The molecular formula is C24H21N3O5S. The maximum Gasteiger partial charge on any atom is 0.241 e. The molecule has 0 saturated carbocycles. The van der Waals surface area contributed by atoms with E-state index in [1.54, 1.807) is 24.3 Å². The van der Waals surface area contributed by atoms with Gasteiger partial charge in [0, 0.05) is 28.8 Å². The van der Waals surface area contributed by atoms with Gasteiger partial charge in [-0.25, -0.2) is 4.57 Å². The second kappa shape index (κ2) is 8.59. The predicted molar refractivity (Wildman–Crippen MR) is 119 cm³/mol. The zero-order valence-electron chi connectivity index (χ0n) is 17.8. The van der Waals surface area contributed by atoms with Crippen molar-refractivity contribution in [2.24, 2.45) is 0 Å². The first-order valence-corrected chi connectivity index (χ1v) is 11.3. The van der Waals surface area contributed by atoms with E-state index in [-0.39, 0.29) is 11.3 Å². The highest BCUT2D eigenvalue weighted by Gasteiger charge is 2.40. The SMILES string of the molecule is COc1cccc2cc(C(=O)C3=C([O-])C(=O)N(CCC[n+]4cc[nH]c4)C3c3cccs3)oc12. The number of Topliss-reactive ketones (excluding diaryl/α,β-unsaturated/α-hetero) is 1. The molecule has 4 aromatic rings. The van der Waals surface area contributed by atoms with Crippen LogP contribution in [0.25, 0.3) is 11.0 Å². The molecule has 0 bridgehead atoms. The molecule has 168 valence electrons. The summed E-state index contributed by atoms with van der Waals surface area (Å²) in [6.45, 7) is 1.02. The molecule has 1 unspecified atom stereocenters. The van der Waals surface area contributed by atoms with Gasteiger partial charge in [-0.05, 0) is 29.3 Å². The Hall–Kier alpha value is -3.85. The van der Waals surface area contributed by atoms with Gasteiger partial charge < -0.3 is 19.2 Å². The van der Waals surface area contributed by atoms with E-state index in [0.29, 0.717) is 36.2 Å². The van der Waals surface area contributed by atoms with Crippen molar-refractivity contribution >= 4 is 34.0 Å². The maximum absolute atomic E-state index is 13.5. The van der Waals surface area contributed by atoms with Gasteiger partial charge in [0.15, 0.2) is 17.1 Å². The van der Waals surface area contributed by atoms with Gasteiger partial charge in [-0.1, -0.05) is 18.2 Å². The summed E-state index contributed by atoms with van der Waals surface area (Å²) < 4.78 is 13.1. The first-order chi connectivity index (χ1) is 16.1. The van der Waals surface area contributed by atoms with Crippen LogP contribution in [0.1, 0.15) is 27.9 Å². The van der Waals surface area contributed by atoms with Crippen molar-refractivity contribution in [2.75, 3.05) is 13.7 Å². The number of amides is 1. The molecule has 9 heteroatoms. The van der Waals surface area contributed by atoms with E-state index >= 15 is 0 Å². The van der Waals surface area contributed by atoms with Crippen LogP contribution < -0.4 is 14.4 Å². The number of nitrogens with zero attached hydrogens (tertiary/aromatic N) is 2. The summed E-state index contributed by atoms with van der Waals surface area (Å²) >= 11 is 1.41. The molecule has 0 aliphatic carbocycles. The Balaban J connectivity index is 1.48. The lowest BCUT2D eigenvalue weighted by molar-refractivity contribution is -0.695. The molecule has 0 spiro atoms. The van der Waals surface area contributed by atoms with Crippen molar-refractivity contribution in [1.82, 2.24) is 9.88 Å². The average molecular weight is 464 g/mol. The van der Waals surface area contributed by atoms with Crippen LogP contribution in [-0.2, 0) is 11.3 Å². The third-order valence-corrected chi connectivity index (χ3v) is 6.64. The average Bonchev–Trinajstić information content (AvgIpc) is 3.62. The molecule has 1 amide bonds. The Morgan fingerprint density at radius 3 is 2.94 bits per heavy atom. The largest absolute Gasteiger partial charge is 0.868 e. The molecule has 0 fully saturated rings. The summed E-state index contributed by atoms with van der Waals surface area (Å²) in [7, 11) is 1.52. The van der Waals surface area contributed by atoms with Gasteiger partial charge in [0.2, 0.25) is 18.0 Å². The lowest BCUT2D eigenvalue weighted by atomic mass is 10.00. The van der Waals surface area contributed by atoms with Crippen molar-refractivity contribution in [3.63, 3.8) is 0 Å². The monoisotopic (exact) mass is 463 g/mol. The summed E-state index contributed by atoms with van der Waals surface area (Å²) in [5.41, 5.74) is 0.351. The number of aryl methyl sites for hydroxylation is 1. The van der Waals surface area contributed by atoms with Crippen LogP contribution in [0.5, 0.6) is 5.75 Å². The molecule has 0 saturated heterocycles. The molecule has 3 aromatic heterocycles. The molecule has 33 heavy (non-hydrogen) atoms. The van der Waals surface area contributed by atoms with Crippen LogP contribution in [0.4, 0.5) is 0 Å². The number of methoxy groups -OCH3 is 1. The number of benzene rings is 1. The highest BCUT2D eigenvalue weighted by atomic mass is 32.1. The number of thiophene rings is 1. The standard InChI is InChI=1S/C24H21N3O5S/c1-31-16-6-2-5-15-13-17(32-23(15)16)21(28)19-20(18-7-3-12-33-18)27(24(30)22(19)29)10-4-9-26-11-8-25-14-26/h2-3,5-8,11-14,20H,4,9-10H2,1H3,(H,28,29). The second-order valence-corrected chi connectivity index (χ2v) is 8.66. The van der Waals surface area contributed by atoms with E-state index in [4.69, 9.17) is 9.15 Å². The Labute approximate surface area is 193 Å². The molecule has 1 atom stereocenters. The summed E-state index contributed by atoms with van der Waals surface area (Å²) in [4.78, 5) is 31.7. The Kier molecular flexibility index (Phi) is 5.47. The van der Waals surface area contributed by atoms with Crippen LogP contribution in [0.15, 0.2) is 76.2 Å². The zero-order chi connectivity index (χ0) is 22.9. The van der Waals surface area contributed by atoms with Crippen molar-refractivity contribution in [3.8, 4) is 5.75 Å². The molecule has 1 aromatic carbocycles. The van der Waals surface area contributed by atoms with Crippen LogP contribution in [0.2, 0.25) is 0 Å². The number of hydrogen-bond donors (Lipinski definition) is 1. The minimum absolute atomic E-state index is 0.0111. The molecule has 5 rings (SSSR count). The first kappa shape index (κ1) is 21.0. The van der Waals surface area contributed by atoms with Gasteiger partial charge in [0.25, 0.3) is 0 Å². The predicted octanol–water partition coefficient (Wildman–Crippen LogP) is 2.59. The number of rotatable bonds is 8. The van der Waals surface area contributed by atoms with Gasteiger partial charge in [-0.15, -0.1) is 11.3 Å². The van der Waals surface area contributed by atoms with E-state index in [2.05, 4.69) is 4.98 Å². The fraction of sp³-hybridized carbons (Fsp3) is 0.208. The summed E-state index contributed by atoms with van der Waals surface area (Å²) in [6, 6.07) is 9.86. The van der Waals surface area contributed by atoms with Gasteiger partial charge in [-0.3, -0.25) is 14.6 Å². The number of imidazole rings is 1. The van der Waals surface area contributed by atoms with Gasteiger partial charge >= 0.3 is 0 Å². The van der Waals surface area contributed by atoms with Crippen LogP contribution in [-0.4, -0.2) is 35.2 Å². The smallest absolute Gasteiger partial charge is 0.241 e. The number of hydrogen-bond acceptors (Lipinski definition) is 6. The van der Waals surface area contributed by atoms with Gasteiger partial charge in [-0.2, -0.15) is 0 Å². The van der Waals surface area contributed by atoms with Gasteiger partial charge in [0.1, 0.15) is 12.4 Å². The van der Waals surface area contributed by atoms with Crippen molar-refractivity contribution in [2.45, 2.75) is 19.0 Å². The summed E-state index contributed by atoms with van der Waals surface area (Å²) in [5.74, 6) is -1.52. The van der Waals surface area contributed by atoms with Crippen molar-refractivity contribution in [1.29, 1.82) is 0 Å². The topological polar surface area (TPSA) is 102 Å². The number of nitrogens with one attached hydrogen (secondary N) is 1. The number of fused-ring (bicyclic) bond motifs is 1. The highest BCUT2D eigenvalue weighted by molar-refractivity contribution is 7.10. The minimum Gasteiger partial charge on any atom is -0.868 e. The quantitative estimate of drug-likeness (QED) is 0.320.